The monoisotopic (exact) mass is 310 g/mol. The molecule has 0 saturated heterocycles. The van der Waals surface area contributed by atoms with Crippen LogP contribution in [0.15, 0.2) is 12.1 Å². The van der Waals surface area contributed by atoms with E-state index in [0.717, 1.165) is 0 Å². The largest absolute Gasteiger partial charge is 0.379 e. The Bertz CT molecular complexity index is 473. The SMILES string of the molecule is C[C@H](C[S@@](C)=O)Nc1c(Cl)cc([N+](=O)[O-])cc1Cl. The van der Waals surface area contributed by atoms with Crippen LogP contribution in [0.2, 0.25) is 10.0 Å². The van der Waals surface area contributed by atoms with Crippen molar-refractivity contribution < 1.29 is 9.13 Å². The molecular formula is C10H12Cl2N2O3S. The second-order valence-corrected chi connectivity index (χ2v) is 6.12. The lowest BCUT2D eigenvalue weighted by Gasteiger charge is -2.16. The van der Waals surface area contributed by atoms with E-state index in [1.165, 1.54) is 12.1 Å². The maximum Gasteiger partial charge on any atom is 0.272 e. The Morgan fingerprint density at radius 3 is 2.33 bits per heavy atom. The second-order valence-electron chi connectivity index (χ2n) is 3.83. The molecule has 0 aromatic heterocycles. The van der Waals surface area contributed by atoms with Crippen molar-refractivity contribution in [3.8, 4) is 0 Å². The molecule has 2 atom stereocenters. The highest BCUT2D eigenvalue weighted by Crippen LogP contribution is 2.35. The van der Waals surface area contributed by atoms with E-state index in [1.807, 2.05) is 6.92 Å². The van der Waals surface area contributed by atoms with Gasteiger partial charge in [0.25, 0.3) is 5.69 Å². The van der Waals surface area contributed by atoms with Crippen LogP contribution in [0.1, 0.15) is 6.92 Å². The van der Waals surface area contributed by atoms with Gasteiger partial charge in [-0.25, -0.2) is 0 Å². The fourth-order valence-electron chi connectivity index (χ4n) is 1.44. The number of rotatable bonds is 5. The molecule has 5 nitrogen and oxygen atoms in total. The molecule has 100 valence electrons. The van der Waals surface area contributed by atoms with Gasteiger partial charge in [-0.3, -0.25) is 14.3 Å². The molecule has 1 aromatic rings. The quantitative estimate of drug-likeness (QED) is 0.670. The first-order valence-corrected chi connectivity index (χ1v) is 7.49. The minimum atomic E-state index is -0.951. The van der Waals surface area contributed by atoms with E-state index in [9.17, 15) is 14.3 Å². The lowest BCUT2D eigenvalue weighted by molar-refractivity contribution is -0.384. The Morgan fingerprint density at radius 1 is 1.44 bits per heavy atom. The molecule has 0 aliphatic rings. The average Bonchev–Trinajstić information content (AvgIpc) is 2.21. The summed E-state index contributed by atoms with van der Waals surface area (Å²) in [6.45, 7) is 1.83. The van der Waals surface area contributed by atoms with Crippen molar-refractivity contribution in [2.45, 2.75) is 13.0 Å². The van der Waals surface area contributed by atoms with E-state index in [0.29, 0.717) is 11.4 Å². The summed E-state index contributed by atoms with van der Waals surface area (Å²) in [5.41, 5.74) is 0.254. The molecule has 0 aliphatic carbocycles. The van der Waals surface area contributed by atoms with Crippen LogP contribution in [0, 0.1) is 10.1 Å². The molecule has 0 radical (unpaired) electrons. The van der Waals surface area contributed by atoms with E-state index in [2.05, 4.69) is 5.32 Å². The van der Waals surface area contributed by atoms with E-state index in [4.69, 9.17) is 23.2 Å². The van der Waals surface area contributed by atoms with E-state index >= 15 is 0 Å². The third-order valence-corrected chi connectivity index (χ3v) is 3.68. The van der Waals surface area contributed by atoms with Crippen molar-refractivity contribution in [3.63, 3.8) is 0 Å². The zero-order valence-corrected chi connectivity index (χ0v) is 12.1. The number of benzene rings is 1. The second kappa shape index (κ2) is 6.36. The number of anilines is 1. The predicted octanol–water partition coefficient (Wildman–Crippen LogP) is 3.08. The van der Waals surface area contributed by atoms with E-state index < -0.39 is 15.7 Å². The summed E-state index contributed by atoms with van der Waals surface area (Å²) >= 11 is 11.9. The number of hydrogen-bond acceptors (Lipinski definition) is 4. The Hall–Kier alpha value is -0.850. The molecule has 0 heterocycles. The zero-order chi connectivity index (χ0) is 13.9. The Kier molecular flexibility index (Phi) is 5.37. The zero-order valence-electron chi connectivity index (χ0n) is 9.78. The van der Waals surface area contributed by atoms with Gasteiger partial charge in [-0.1, -0.05) is 23.2 Å². The van der Waals surface area contributed by atoms with Crippen molar-refractivity contribution in [2.24, 2.45) is 0 Å². The molecule has 18 heavy (non-hydrogen) atoms. The van der Waals surface area contributed by atoms with Gasteiger partial charge in [-0.15, -0.1) is 0 Å². The maximum atomic E-state index is 11.1. The fraction of sp³-hybridized carbons (Fsp3) is 0.400. The minimum Gasteiger partial charge on any atom is -0.379 e. The fourth-order valence-corrected chi connectivity index (χ4v) is 2.82. The highest BCUT2D eigenvalue weighted by atomic mass is 35.5. The number of non-ortho nitro benzene ring substituents is 1. The molecule has 0 unspecified atom stereocenters. The number of nitro groups is 1. The van der Waals surface area contributed by atoms with Crippen molar-refractivity contribution in [3.05, 3.63) is 32.3 Å². The minimum absolute atomic E-state index is 0.104. The average molecular weight is 311 g/mol. The first-order valence-electron chi connectivity index (χ1n) is 5.01. The third-order valence-electron chi connectivity index (χ3n) is 2.11. The van der Waals surface area contributed by atoms with Crippen LogP contribution in [-0.4, -0.2) is 27.2 Å². The smallest absolute Gasteiger partial charge is 0.272 e. The van der Waals surface area contributed by atoms with Crippen LogP contribution < -0.4 is 5.32 Å². The van der Waals surface area contributed by atoms with Crippen molar-refractivity contribution >= 4 is 45.4 Å². The Labute approximate surface area is 117 Å². The van der Waals surface area contributed by atoms with Crippen LogP contribution in [-0.2, 0) is 10.8 Å². The van der Waals surface area contributed by atoms with Crippen molar-refractivity contribution in [1.29, 1.82) is 0 Å². The summed E-state index contributed by atoms with van der Waals surface area (Å²) in [6, 6.07) is 2.35. The number of nitrogens with one attached hydrogen (secondary N) is 1. The molecular weight excluding hydrogens is 299 g/mol. The summed E-state index contributed by atoms with van der Waals surface area (Å²) in [5, 5.41) is 13.9. The summed E-state index contributed by atoms with van der Waals surface area (Å²) in [6.07, 6.45) is 1.59. The molecule has 0 aliphatic heterocycles. The summed E-state index contributed by atoms with van der Waals surface area (Å²) in [4.78, 5) is 10.0. The molecule has 0 bridgehead atoms. The van der Waals surface area contributed by atoms with Crippen LogP contribution in [0.4, 0.5) is 11.4 Å². The molecule has 0 saturated carbocycles. The first kappa shape index (κ1) is 15.2. The van der Waals surface area contributed by atoms with Crippen LogP contribution >= 0.6 is 23.2 Å². The van der Waals surface area contributed by atoms with Gasteiger partial charge in [0.1, 0.15) is 0 Å². The molecule has 1 aromatic carbocycles. The van der Waals surface area contributed by atoms with E-state index in [-0.39, 0.29) is 21.8 Å². The highest BCUT2D eigenvalue weighted by Gasteiger charge is 2.16. The normalized spacial score (nSPS) is 14.0. The van der Waals surface area contributed by atoms with Crippen molar-refractivity contribution in [2.75, 3.05) is 17.3 Å². The van der Waals surface area contributed by atoms with Crippen molar-refractivity contribution in [1.82, 2.24) is 0 Å². The number of halogens is 2. The number of nitrogens with zero attached hydrogens (tertiary/aromatic N) is 1. The number of hydrogen-bond donors (Lipinski definition) is 1. The van der Waals surface area contributed by atoms with Gasteiger partial charge in [-0.05, 0) is 6.92 Å². The molecule has 0 amide bonds. The summed E-state index contributed by atoms with van der Waals surface area (Å²) < 4.78 is 11.1. The third kappa shape index (κ3) is 4.12. The lowest BCUT2D eigenvalue weighted by atomic mass is 10.2. The van der Waals surface area contributed by atoms with Gasteiger partial charge >= 0.3 is 0 Å². The topological polar surface area (TPSA) is 72.2 Å². The van der Waals surface area contributed by atoms with Crippen LogP contribution in [0.25, 0.3) is 0 Å². The maximum absolute atomic E-state index is 11.1. The van der Waals surface area contributed by atoms with E-state index in [1.54, 1.807) is 6.26 Å². The Morgan fingerprint density at radius 2 is 1.94 bits per heavy atom. The standard InChI is InChI=1S/C10H12Cl2N2O3S/c1-6(5-18(2)17)13-10-8(11)3-7(14(15)16)4-9(10)12/h3-4,6,13H,5H2,1-2H3/t6-,18-/m1/s1. The van der Waals surface area contributed by atoms with Gasteiger partial charge in [0.2, 0.25) is 0 Å². The van der Waals surface area contributed by atoms with Crippen LogP contribution in [0.5, 0.6) is 0 Å². The van der Waals surface area contributed by atoms with Gasteiger partial charge in [0.15, 0.2) is 0 Å². The van der Waals surface area contributed by atoms with Gasteiger partial charge in [0, 0.05) is 41.0 Å². The molecule has 0 spiro atoms. The number of nitro benzene ring substituents is 1. The van der Waals surface area contributed by atoms with Gasteiger partial charge < -0.3 is 5.32 Å². The Balaban J connectivity index is 2.96. The molecule has 8 heteroatoms. The predicted molar refractivity (Wildman–Crippen MR) is 75.1 cm³/mol. The highest BCUT2D eigenvalue weighted by molar-refractivity contribution is 7.84. The molecule has 1 rings (SSSR count). The molecule has 0 fully saturated rings. The summed E-state index contributed by atoms with van der Waals surface area (Å²) in [7, 11) is -0.951. The summed E-state index contributed by atoms with van der Waals surface area (Å²) in [5.74, 6) is 0.434. The van der Waals surface area contributed by atoms with Crippen LogP contribution in [0.3, 0.4) is 0 Å². The van der Waals surface area contributed by atoms with Gasteiger partial charge in [0.05, 0.1) is 20.7 Å². The van der Waals surface area contributed by atoms with Gasteiger partial charge in [-0.2, -0.15) is 0 Å². The lowest BCUT2D eigenvalue weighted by Crippen LogP contribution is -2.22. The molecule has 1 N–H and O–H groups in total. The first-order chi connectivity index (χ1) is 8.31.